The van der Waals surface area contributed by atoms with E-state index in [0.29, 0.717) is 5.56 Å². The third-order valence-corrected chi connectivity index (χ3v) is 3.81. The van der Waals surface area contributed by atoms with Crippen LogP contribution in [0.2, 0.25) is 0 Å². The Morgan fingerprint density at radius 1 is 1.21 bits per heavy atom. The van der Waals surface area contributed by atoms with Crippen LogP contribution in [0.4, 0.5) is 4.39 Å². The van der Waals surface area contributed by atoms with Crippen LogP contribution < -0.4 is 5.32 Å². The molecule has 0 radical (unpaired) electrons. The first-order valence-electron chi connectivity index (χ1n) is 6.45. The highest BCUT2D eigenvalue weighted by atomic mass is 32.1. The lowest BCUT2D eigenvalue weighted by Gasteiger charge is -2.07. The number of rotatable bonds is 7. The minimum Gasteiger partial charge on any atom is -0.396 e. The maximum absolute atomic E-state index is 13.8. The Balaban J connectivity index is 1.97. The Bertz CT molecular complexity index is 499. The molecular formula is C15H18FNOS. The van der Waals surface area contributed by atoms with E-state index in [-0.39, 0.29) is 12.4 Å². The SMILES string of the molecule is OCCCCNCc1ccc(F)c(-c2cccs2)c1. The first-order chi connectivity index (χ1) is 9.31. The summed E-state index contributed by atoms with van der Waals surface area (Å²) in [5.74, 6) is -0.175. The van der Waals surface area contributed by atoms with Gasteiger partial charge in [-0.15, -0.1) is 11.3 Å². The highest BCUT2D eigenvalue weighted by molar-refractivity contribution is 7.13. The van der Waals surface area contributed by atoms with Crippen LogP contribution in [0.25, 0.3) is 10.4 Å². The minimum atomic E-state index is -0.175. The molecule has 0 aliphatic heterocycles. The summed E-state index contributed by atoms with van der Waals surface area (Å²) in [5, 5.41) is 13.9. The van der Waals surface area contributed by atoms with E-state index >= 15 is 0 Å². The topological polar surface area (TPSA) is 32.3 Å². The fraction of sp³-hybridized carbons (Fsp3) is 0.333. The zero-order chi connectivity index (χ0) is 13.5. The monoisotopic (exact) mass is 279 g/mol. The van der Waals surface area contributed by atoms with Gasteiger partial charge in [0.1, 0.15) is 5.82 Å². The molecule has 102 valence electrons. The molecule has 0 aliphatic carbocycles. The van der Waals surface area contributed by atoms with E-state index in [0.717, 1.165) is 36.4 Å². The van der Waals surface area contributed by atoms with Crippen molar-refractivity contribution in [3.8, 4) is 10.4 Å². The number of aliphatic hydroxyl groups excluding tert-OH is 1. The van der Waals surface area contributed by atoms with Crippen LogP contribution in [0.1, 0.15) is 18.4 Å². The van der Waals surface area contributed by atoms with Crippen molar-refractivity contribution < 1.29 is 9.50 Å². The van der Waals surface area contributed by atoms with Crippen LogP contribution in [0, 0.1) is 5.82 Å². The third kappa shape index (κ3) is 4.13. The molecule has 0 atom stereocenters. The second kappa shape index (κ2) is 7.38. The molecule has 0 saturated carbocycles. The molecule has 0 saturated heterocycles. The van der Waals surface area contributed by atoms with Crippen molar-refractivity contribution in [2.75, 3.05) is 13.2 Å². The molecule has 2 N–H and O–H groups in total. The van der Waals surface area contributed by atoms with E-state index < -0.39 is 0 Å². The summed E-state index contributed by atoms with van der Waals surface area (Å²) in [5.41, 5.74) is 1.75. The summed E-state index contributed by atoms with van der Waals surface area (Å²) < 4.78 is 13.8. The molecule has 2 nitrogen and oxygen atoms in total. The quantitative estimate of drug-likeness (QED) is 0.761. The van der Waals surface area contributed by atoms with E-state index in [2.05, 4.69) is 5.32 Å². The second-order valence-corrected chi connectivity index (χ2v) is 5.35. The molecule has 0 aliphatic rings. The fourth-order valence-electron chi connectivity index (χ4n) is 1.90. The van der Waals surface area contributed by atoms with Gasteiger partial charge in [0.25, 0.3) is 0 Å². The predicted molar refractivity (Wildman–Crippen MR) is 77.7 cm³/mol. The largest absolute Gasteiger partial charge is 0.396 e. The summed E-state index contributed by atoms with van der Waals surface area (Å²) in [6.45, 7) is 1.83. The number of benzene rings is 1. The Hall–Kier alpha value is -1.23. The third-order valence-electron chi connectivity index (χ3n) is 2.91. The predicted octanol–water partition coefficient (Wildman–Crippen LogP) is 3.42. The first-order valence-corrected chi connectivity index (χ1v) is 7.33. The summed E-state index contributed by atoms with van der Waals surface area (Å²) in [4.78, 5) is 0.958. The molecular weight excluding hydrogens is 261 g/mol. The van der Waals surface area contributed by atoms with Crippen molar-refractivity contribution in [3.05, 3.63) is 47.1 Å². The number of halogens is 1. The van der Waals surface area contributed by atoms with E-state index in [1.807, 2.05) is 29.6 Å². The molecule has 1 aromatic carbocycles. The van der Waals surface area contributed by atoms with Crippen LogP contribution in [0.5, 0.6) is 0 Å². The highest BCUT2D eigenvalue weighted by Crippen LogP contribution is 2.28. The van der Waals surface area contributed by atoms with Crippen LogP contribution in [-0.4, -0.2) is 18.3 Å². The number of nitrogens with one attached hydrogen (secondary N) is 1. The normalized spacial score (nSPS) is 10.8. The Kier molecular flexibility index (Phi) is 5.51. The van der Waals surface area contributed by atoms with Gasteiger partial charge >= 0.3 is 0 Å². The van der Waals surface area contributed by atoms with Gasteiger partial charge in [0.05, 0.1) is 0 Å². The minimum absolute atomic E-state index is 0.175. The van der Waals surface area contributed by atoms with E-state index in [1.165, 1.54) is 6.07 Å². The first kappa shape index (κ1) is 14.2. The molecule has 0 amide bonds. The summed E-state index contributed by atoms with van der Waals surface area (Å²) in [6.07, 6.45) is 1.77. The lowest BCUT2D eigenvalue weighted by molar-refractivity contribution is 0.283. The van der Waals surface area contributed by atoms with Crippen molar-refractivity contribution in [1.29, 1.82) is 0 Å². The molecule has 2 rings (SSSR count). The van der Waals surface area contributed by atoms with Gasteiger partial charge in [0.2, 0.25) is 0 Å². The van der Waals surface area contributed by atoms with Crippen molar-refractivity contribution in [2.45, 2.75) is 19.4 Å². The fourth-order valence-corrected chi connectivity index (χ4v) is 2.64. The standard InChI is InChI=1S/C15H18FNOS/c16-14-6-5-12(11-17-7-1-2-8-18)10-13(14)15-4-3-9-19-15/h3-6,9-10,17-18H,1-2,7-8,11H2. The van der Waals surface area contributed by atoms with Gasteiger partial charge in [0, 0.05) is 23.6 Å². The Morgan fingerprint density at radius 3 is 2.84 bits per heavy atom. The lowest BCUT2D eigenvalue weighted by atomic mass is 10.1. The van der Waals surface area contributed by atoms with Gasteiger partial charge in [-0.1, -0.05) is 12.1 Å². The van der Waals surface area contributed by atoms with Crippen LogP contribution in [0.3, 0.4) is 0 Å². The van der Waals surface area contributed by atoms with Gasteiger partial charge in [0.15, 0.2) is 0 Å². The lowest BCUT2D eigenvalue weighted by Crippen LogP contribution is -2.15. The smallest absolute Gasteiger partial charge is 0.131 e. The number of aliphatic hydroxyl groups is 1. The van der Waals surface area contributed by atoms with Gasteiger partial charge < -0.3 is 10.4 Å². The van der Waals surface area contributed by atoms with E-state index in [1.54, 1.807) is 11.3 Å². The molecule has 1 heterocycles. The molecule has 2 aromatic rings. The average Bonchev–Trinajstić information content (AvgIpc) is 2.94. The average molecular weight is 279 g/mol. The summed E-state index contributed by atoms with van der Waals surface area (Å²) in [6, 6.07) is 9.10. The van der Waals surface area contributed by atoms with Crippen LogP contribution in [0.15, 0.2) is 35.7 Å². The maximum Gasteiger partial charge on any atom is 0.131 e. The zero-order valence-electron chi connectivity index (χ0n) is 10.7. The number of thiophene rings is 1. The van der Waals surface area contributed by atoms with Gasteiger partial charge in [-0.3, -0.25) is 0 Å². The highest BCUT2D eigenvalue weighted by Gasteiger charge is 2.07. The zero-order valence-corrected chi connectivity index (χ0v) is 11.5. The number of hydrogen-bond acceptors (Lipinski definition) is 3. The maximum atomic E-state index is 13.8. The number of hydrogen-bond donors (Lipinski definition) is 2. The molecule has 0 spiro atoms. The molecule has 4 heteroatoms. The Labute approximate surface area is 116 Å². The van der Waals surface area contributed by atoms with E-state index in [4.69, 9.17) is 5.11 Å². The van der Waals surface area contributed by atoms with Crippen LogP contribution >= 0.6 is 11.3 Å². The van der Waals surface area contributed by atoms with Crippen molar-refractivity contribution in [2.24, 2.45) is 0 Å². The molecule has 19 heavy (non-hydrogen) atoms. The molecule has 1 aromatic heterocycles. The molecule has 0 fully saturated rings. The second-order valence-electron chi connectivity index (χ2n) is 4.40. The molecule has 0 bridgehead atoms. The van der Waals surface area contributed by atoms with Crippen molar-refractivity contribution >= 4 is 11.3 Å². The summed E-state index contributed by atoms with van der Waals surface area (Å²) >= 11 is 1.55. The van der Waals surface area contributed by atoms with Gasteiger partial charge in [-0.05, 0) is 48.5 Å². The number of unbranched alkanes of at least 4 members (excludes halogenated alkanes) is 1. The van der Waals surface area contributed by atoms with E-state index in [9.17, 15) is 4.39 Å². The molecule has 0 unspecified atom stereocenters. The van der Waals surface area contributed by atoms with Crippen molar-refractivity contribution in [1.82, 2.24) is 5.32 Å². The summed E-state index contributed by atoms with van der Waals surface area (Å²) in [7, 11) is 0. The van der Waals surface area contributed by atoms with Crippen LogP contribution in [-0.2, 0) is 6.54 Å². The van der Waals surface area contributed by atoms with Crippen molar-refractivity contribution in [3.63, 3.8) is 0 Å². The van der Waals surface area contributed by atoms with Gasteiger partial charge in [-0.25, -0.2) is 4.39 Å². The Morgan fingerprint density at radius 2 is 2.11 bits per heavy atom. The van der Waals surface area contributed by atoms with Gasteiger partial charge in [-0.2, -0.15) is 0 Å².